The van der Waals surface area contributed by atoms with Gasteiger partial charge in [0, 0.05) is 17.8 Å². The summed E-state index contributed by atoms with van der Waals surface area (Å²) < 4.78 is 20.6. The van der Waals surface area contributed by atoms with Crippen LogP contribution in [0.2, 0.25) is 0 Å². The fourth-order valence-electron chi connectivity index (χ4n) is 3.38. The lowest BCUT2D eigenvalue weighted by Gasteiger charge is -2.15. The van der Waals surface area contributed by atoms with E-state index in [1.807, 2.05) is 32.0 Å². The number of amides is 1. The van der Waals surface area contributed by atoms with Crippen LogP contribution in [0.1, 0.15) is 29.3 Å². The number of nitrogens with one attached hydrogen (secondary N) is 2. The van der Waals surface area contributed by atoms with Gasteiger partial charge in [0.05, 0.1) is 11.9 Å². The lowest BCUT2D eigenvalue weighted by molar-refractivity contribution is 0.0953. The molecular weight excluding hydrogens is 447 g/mol. The van der Waals surface area contributed by atoms with Crippen molar-refractivity contribution in [2.24, 2.45) is 0 Å². The van der Waals surface area contributed by atoms with Crippen LogP contribution in [0.3, 0.4) is 0 Å². The van der Waals surface area contributed by atoms with Crippen LogP contribution in [0.5, 0.6) is 11.5 Å². The normalized spacial score (nSPS) is 10.6. The maximum atomic E-state index is 13.4. The first-order chi connectivity index (χ1) is 17.0. The molecule has 0 atom stereocenters. The first-order valence-electron chi connectivity index (χ1n) is 11.2. The highest BCUT2D eigenvalue weighted by molar-refractivity contribution is 5.94. The molecule has 0 saturated heterocycles. The zero-order chi connectivity index (χ0) is 24.8. The molecule has 0 unspecified atom stereocenters. The van der Waals surface area contributed by atoms with Crippen molar-refractivity contribution in [3.8, 4) is 17.2 Å². The van der Waals surface area contributed by atoms with Gasteiger partial charge in [0.25, 0.3) is 11.5 Å². The van der Waals surface area contributed by atoms with Gasteiger partial charge in [0.15, 0.2) is 11.4 Å². The molecule has 0 bridgehead atoms. The Morgan fingerprint density at radius 2 is 1.71 bits per heavy atom. The van der Waals surface area contributed by atoms with Crippen molar-refractivity contribution < 1.29 is 13.9 Å². The smallest absolute Gasteiger partial charge is 0.299 e. The topological polar surface area (TPSA) is 85.2 Å². The Balaban J connectivity index is 1.71. The summed E-state index contributed by atoms with van der Waals surface area (Å²) >= 11 is 0. The first-order valence-corrected chi connectivity index (χ1v) is 11.2. The van der Waals surface area contributed by atoms with Crippen LogP contribution in [0.4, 0.5) is 15.8 Å². The Labute approximate surface area is 202 Å². The van der Waals surface area contributed by atoms with Gasteiger partial charge in [-0.1, -0.05) is 25.1 Å². The molecule has 1 aromatic heterocycles. The van der Waals surface area contributed by atoms with E-state index in [0.717, 1.165) is 12.0 Å². The van der Waals surface area contributed by atoms with E-state index < -0.39 is 11.4 Å². The van der Waals surface area contributed by atoms with Gasteiger partial charge in [-0.2, -0.15) is 9.78 Å². The molecule has 0 aliphatic heterocycles. The number of rotatable bonds is 8. The molecule has 178 valence electrons. The third-order valence-corrected chi connectivity index (χ3v) is 5.28. The molecular formula is C27H25FN4O3. The predicted molar refractivity (Wildman–Crippen MR) is 133 cm³/mol. The van der Waals surface area contributed by atoms with Gasteiger partial charge >= 0.3 is 0 Å². The van der Waals surface area contributed by atoms with Gasteiger partial charge in [-0.25, -0.2) is 4.39 Å². The summed E-state index contributed by atoms with van der Waals surface area (Å²) in [6.45, 7) is 4.48. The highest BCUT2D eigenvalue weighted by Crippen LogP contribution is 2.30. The Bertz CT molecular complexity index is 1380. The molecule has 7 nitrogen and oxygen atoms in total. The molecule has 0 radical (unpaired) electrons. The van der Waals surface area contributed by atoms with E-state index in [-0.39, 0.29) is 17.3 Å². The number of para-hydroxylation sites is 1. The molecule has 0 fully saturated rings. The number of benzene rings is 3. The van der Waals surface area contributed by atoms with Gasteiger partial charge in [-0.15, -0.1) is 0 Å². The molecule has 8 heteroatoms. The van der Waals surface area contributed by atoms with Crippen LogP contribution in [-0.4, -0.2) is 22.2 Å². The number of carbonyl (C=O) groups excluding carboxylic acids is 1. The fourth-order valence-corrected chi connectivity index (χ4v) is 3.38. The molecule has 0 saturated carbocycles. The summed E-state index contributed by atoms with van der Waals surface area (Å²) in [5.74, 6) is 0.235. The van der Waals surface area contributed by atoms with E-state index in [4.69, 9.17) is 4.74 Å². The first kappa shape index (κ1) is 23.7. The largest absolute Gasteiger partial charge is 0.453 e. The molecule has 1 heterocycles. The maximum absolute atomic E-state index is 13.4. The van der Waals surface area contributed by atoms with Crippen LogP contribution in [0, 0.1) is 12.7 Å². The number of halogens is 1. The highest BCUT2D eigenvalue weighted by atomic mass is 19.1. The number of hydrogen-bond donors (Lipinski definition) is 2. The van der Waals surface area contributed by atoms with Gasteiger partial charge in [-0.3, -0.25) is 9.59 Å². The number of ether oxygens (including phenoxy) is 1. The van der Waals surface area contributed by atoms with Crippen molar-refractivity contribution in [2.75, 3.05) is 11.9 Å². The second-order valence-corrected chi connectivity index (χ2v) is 7.90. The van der Waals surface area contributed by atoms with Gasteiger partial charge in [0.1, 0.15) is 11.6 Å². The minimum Gasteiger partial charge on any atom is -0.453 e. The minimum absolute atomic E-state index is 0.149. The molecule has 35 heavy (non-hydrogen) atoms. The monoisotopic (exact) mass is 472 g/mol. The Hall–Kier alpha value is -4.46. The van der Waals surface area contributed by atoms with E-state index in [1.165, 1.54) is 35.1 Å². The minimum atomic E-state index is -0.479. The molecule has 2 N–H and O–H groups in total. The third-order valence-electron chi connectivity index (χ3n) is 5.28. The maximum Gasteiger partial charge on any atom is 0.299 e. The van der Waals surface area contributed by atoms with Crippen LogP contribution >= 0.6 is 0 Å². The van der Waals surface area contributed by atoms with Crippen molar-refractivity contribution >= 4 is 17.3 Å². The summed E-state index contributed by atoms with van der Waals surface area (Å²) in [5.41, 5.74) is 2.07. The fraction of sp³-hybridized carbons (Fsp3) is 0.148. The quantitative estimate of drug-likeness (QED) is 0.361. The summed E-state index contributed by atoms with van der Waals surface area (Å²) in [7, 11) is 0. The second kappa shape index (κ2) is 10.6. The summed E-state index contributed by atoms with van der Waals surface area (Å²) in [6, 6.07) is 19.7. The second-order valence-electron chi connectivity index (χ2n) is 7.90. The molecule has 0 aliphatic rings. The van der Waals surface area contributed by atoms with Gasteiger partial charge in [0.2, 0.25) is 0 Å². The summed E-state index contributed by atoms with van der Waals surface area (Å²) in [4.78, 5) is 25.7. The lowest BCUT2D eigenvalue weighted by atomic mass is 10.2. The zero-order valence-corrected chi connectivity index (χ0v) is 19.4. The van der Waals surface area contributed by atoms with Gasteiger partial charge in [-0.05, 0) is 73.5 Å². The van der Waals surface area contributed by atoms with Crippen molar-refractivity contribution in [1.82, 2.24) is 15.1 Å². The summed E-state index contributed by atoms with van der Waals surface area (Å²) in [5, 5.41) is 10.2. The molecule has 4 aromatic rings. The Morgan fingerprint density at radius 3 is 2.40 bits per heavy atom. The van der Waals surface area contributed by atoms with E-state index in [0.29, 0.717) is 29.2 Å². The number of hydrogen-bond acceptors (Lipinski definition) is 5. The SMILES string of the molecule is CCCNC(=O)c1ccc(Nc2c(Oc3ccccc3C)cnn(-c3ccc(F)cc3)c2=O)cc1. The van der Waals surface area contributed by atoms with Crippen LogP contribution < -0.4 is 20.9 Å². The number of carbonyl (C=O) groups is 1. The van der Waals surface area contributed by atoms with Crippen molar-refractivity contribution in [3.05, 3.63) is 106 Å². The number of aromatic nitrogens is 2. The molecule has 4 rings (SSSR count). The lowest BCUT2D eigenvalue weighted by Crippen LogP contribution is -2.24. The Morgan fingerprint density at radius 1 is 1.00 bits per heavy atom. The van der Waals surface area contributed by atoms with Crippen LogP contribution in [0.15, 0.2) is 83.8 Å². The van der Waals surface area contributed by atoms with Crippen molar-refractivity contribution in [1.29, 1.82) is 0 Å². The number of nitrogens with zero attached hydrogens (tertiary/aromatic N) is 2. The van der Waals surface area contributed by atoms with E-state index in [9.17, 15) is 14.0 Å². The predicted octanol–water partition coefficient (Wildman–Crippen LogP) is 5.36. The van der Waals surface area contributed by atoms with Crippen molar-refractivity contribution in [3.63, 3.8) is 0 Å². The highest BCUT2D eigenvalue weighted by Gasteiger charge is 2.16. The van der Waals surface area contributed by atoms with E-state index >= 15 is 0 Å². The molecule has 1 amide bonds. The van der Waals surface area contributed by atoms with E-state index in [1.54, 1.807) is 30.3 Å². The van der Waals surface area contributed by atoms with Crippen molar-refractivity contribution in [2.45, 2.75) is 20.3 Å². The average Bonchev–Trinajstić information content (AvgIpc) is 2.87. The molecule has 0 aliphatic carbocycles. The van der Waals surface area contributed by atoms with Gasteiger partial charge < -0.3 is 15.4 Å². The van der Waals surface area contributed by atoms with Crippen LogP contribution in [0.25, 0.3) is 5.69 Å². The standard InChI is InChI=1S/C27H25FN4O3/c1-3-16-29-26(33)19-8-12-21(13-9-19)31-25-24(35-23-7-5-4-6-18(23)2)17-30-32(27(25)34)22-14-10-20(28)11-15-22/h4-15,17,31H,3,16H2,1-2H3,(H,29,33). The Kier molecular flexibility index (Phi) is 7.21. The average molecular weight is 473 g/mol. The zero-order valence-electron chi connectivity index (χ0n) is 19.4. The van der Waals surface area contributed by atoms with Crippen LogP contribution in [-0.2, 0) is 0 Å². The number of anilines is 2. The number of aryl methyl sites for hydroxylation is 1. The molecule has 0 spiro atoms. The van der Waals surface area contributed by atoms with E-state index in [2.05, 4.69) is 15.7 Å². The summed E-state index contributed by atoms with van der Waals surface area (Å²) in [6.07, 6.45) is 2.28. The third kappa shape index (κ3) is 5.55. The molecule has 3 aromatic carbocycles.